The molecule has 2 heterocycles. The third-order valence-corrected chi connectivity index (χ3v) is 6.04. The predicted molar refractivity (Wildman–Crippen MR) is 118 cm³/mol. The lowest BCUT2D eigenvalue weighted by molar-refractivity contribution is 0.242. The van der Waals surface area contributed by atoms with Crippen LogP contribution < -0.4 is 10.6 Å². The van der Waals surface area contributed by atoms with Crippen molar-refractivity contribution in [3.05, 3.63) is 53.9 Å². The van der Waals surface area contributed by atoms with Crippen molar-refractivity contribution in [1.82, 2.24) is 25.3 Å². The number of hydrogen-bond acceptors (Lipinski definition) is 3. The number of nitrogens with one attached hydrogen (secondary N) is 2. The van der Waals surface area contributed by atoms with E-state index >= 15 is 0 Å². The first kappa shape index (κ1) is 20.0. The zero-order valence-electron chi connectivity index (χ0n) is 17.6. The Kier molecular flexibility index (Phi) is 6.83. The summed E-state index contributed by atoms with van der Waals surface area (Å²) in [7, 11) is 0. The van der Waals surface area contributed by atoms with Crippen LogP contribution in [0.25, 0.3) is 0 Å². The maximum absolute atomic E-state index is 4.81. The number of benzene rings is 1. The molecule has 1 unspecified atom stereocenters. The fraction of sp³-hybridized carbons (Fsp3) is 0.565. The lowest BCUT2D eigenvalue weighted by Gasteiger charge is -2.24. The molecule has 6 heteroatoms. The molecule has 1 saturated heterocycles. The average Bonchev–Trinajstić information content (AvgIpc) is 3.49. The minimum Gasteiger partial charge on any atom is -0.357 e. The van der Waals surface area contributed by atoms with Crippen LogP contribution in [-0.4, -0.2) is 52.4 Å². The number of likely N-dealkylation sites (tertiary alicyclic amines) is 1. The van der Waals surface area contributed by atoms with Gasteiger partial charge in [-0.05, 0) is 31.7 Å². The molecule has 0 bridgehead atoms. The highest BCUT2D eigenvalue weighted by Crippen LogP contribution is 2.26. The van der Waals surface area contributed by atoms with Crippen molar-refractivity contribution in [3.63, 3.8) is 0 Å². The van der Waals surface area contributed by atoms with E-state index in [2.05, 4.69) is 58.0 Å². The number of guanidine groups is 1. The number of hydrogen-bond donors (Lipinski definition) is 2. The van der Waals surface area contributed by atoms with E-state index in [-0.39, 0.29) is 0 Å². The highest BCUT2D eigenvalue weighted by atomic mass is 15.3. The first-order chi connectivity index (χ1) is 14.3. The molecular weight excluding hydrogens is 360 g/mol. The lowest BCUT2D eigenvalue weighted by Crippen LogP contribution is -2.45. The summed E-state index contributed by atoms with van der Waals surface area (Å²) in [6.45, 7) is 6.79. The summed E-state index contributed by atoms with van der Waals surface area (Å²) in [5.41, 5.74) is 2.39. The largest absolute Gasteiger partial charge is 0.357 e. The number of aliphatic imine (C=N–C) groups is 1. The smallest absolute Gasteiger partial charge is 0.191 e. The summed E-state index contributed by atoms with van der Waals surface area (Å²) in [4.78, 5) is 7.50. The normalized spacial score (nSPS) is 21.0. The molecule has 6 nitrogen and oxygen atoms in total. The zero-order valence-corrected chi connectivity index (χ0v) is 17.6. The van der Waals surface area contributed by atoms with Crippen molar-refractivity contribution in [2.24, 2.45) is 4.99 Å². The Labute approximate surface area is 174 Å². The average molecular weight is 395 g/mol. The van der Waals surface area contributed by atoms with Gasteiger partial charge in [0.1, 0.15) is 0 Å². The van der Waals surface area contributed by atoms with Gasteiger partial charge < -0.3 is 10.6 Å². The monoisotopic (exact) mass is 394 g/mol. The van der Waals surface area contributed by atoms with Crippen molar-refractivity contribution in [2.45, 2.75) is 64.2 Å². The highest BCUT2D eigenvalue weighted by molar-refractivity contribution is 5.80. The molecule has 2 aromatic rings. The number of aromatic nitrogens is 2. The van der Waals surface area contributed by atoms with Crippen molar-refractivity contribution >= 4 is 5.96 Å². The quantitative estimate of drug-likeness (QED) is 0.560. The minimum atomic E-state index is 0.495. The molecule has 1 atom stereocenters. The van der Waals surface area contributed by atoms with Crippen LogP contribution in [0.3, 0.4) is 0 Å². The molecule has 0 radical (unpaired) electrons. The van der Waals surface area contributed by atoms with Gasteiger partial charge in [-0.15, -0.1) is 0 Å². The maximum atomic E-state index is 4.81. The molecule has 4 rings (SSSR count). The summed E-state index contributed by atoms with van der Waals surface area (Å²) in [5, 5.41) is 11.6. The molecule has 1 saturated carbocycles. The fourth-order valence-electron chi connectivity index (χ4n) is 4.53. The van der Waals surface area contributed by atoms with Crippen LogP contribution in [0.5, 0.6) is 0 Å². The van der Waals surface area contributed by atoms with E-state index in [1.165, 1.54) is 44.2 Å². The standard InChI is InChI=1S/C23H34N6/c1-2-24-23(27-21-12-13-28(18-21)22-10-6-7-11-22)25-14-20-15-26-29(17-20)16-19-8-4-3-5-9-19/h3-5,8-9,15,17,21-22H,2,6-7,10-14,16,18H2,1H3,(H2,24,25,27). The molecule has 0 spiro atoms. The summed E-state index contributed by atoms with van der Waals surface area (Å²) < 4.78 is 1.98. The van der Waals surface area contributed by atoms with Crippen LogP contribution in [0.1, 0.15) is 50.2 Å². The molecule has 29 heavy (non-hydrogen) atoms. The molecule has 0 amide bonds. The van der Waals surface area contributed by atoms with Gasteiger partial charge in [-0.1, -0.05) is 43.2 Å². The van der Waals surface area contributed by atoms with Gasteiger partial charge in [0, 0.05) is 43.5 Å². The predicted octanol–water partition coefficient (Wildman–Crippen LogP) is 3.00. The topological polar surface area (TPSA) is 57.5 Å². The molecule has 1 aromatic heterocycles. The second-order valence-corrected chi connectivity index (χ2v) is 8.29. The first-order valence-corrected chi connectivity index (χ1v) is 11.1. The van der Waals surface area contributed by atoms with Crippen LogP contribution in [0, 0.1) is 0 Å². The highest BCUT2D eigenvalue weighted by Gasteiger charge is 2.30. The van der Waals surface area contributed by atoms with E-state index < -0.39 is 0 Å². The fourth-order valence-corrected chi connectivity index (χ4v) is 4.53. The molecule has 156 valence electrons. The number of nitrogens with zero attached hydrogens (tertiary/aromatic N) is 4. The molecule has 2 N–H and O–H groups in total. The Morgan fingerprint density at radius 2 is 1.97 bits per heavy atom. The van der Waals surface area contributed by atoms with Gasteiger partial charge in [-0.2, -0.15) is 5.10 Å². The lowest BCUT2D eigenvalue weighted by atomic mass is 10.2. The molecule has 1 aliphatic carbocycles. The Balaban J connectivity index is 1.30. The second kappa shape index (κ2) is 9.92. The van der Waals surface area contributed by atoms with Crippen molar-refractivity contribution in [3.8, 4) is 0 Å². The summed E-state index contributed by atoms with van der Waals surface area (Å²) in [6, 6.07) is 11.7. The van der Waals surface area contributed by atoms with E-state index in [1.54, 1.807) is 0 Å². The van der Waals surface area contributed by atoms with Gasteiger partial charge >= 0.3 is 0 Å². The summed E-state index contributed by atoms with van der Waals surface area (Å²) >= 11 is 0. The van der Waals surface area contributed by atoms with Crippen molar-refractivity contribution in [2.75, 3.05) is 19.6 Å². The molecule has 1 aliphatic heterocycles. The van der Waals surface area contributed by atoms with Crippen LogP contribution in [0.15, 0.2) is 47.7 Å². The van der Waals surface area contributed by atoms with Crippen LogP contribution >= 0.6 is 0 Å². The van der Waals surface area contributed by atoms with E-state index in [1.807, 2.05) is 16.9 Å². The van der Waals surface area contributed by atoms with E-state index in [0.717, 1.165) is 37.2 Å². The van der Waals surface area contributed by atoms with Gasteiger partial charge in [0.05, 0.1) is 19.3 Å². The third-order valence-electron chi connectivity index (χ3n) is 6.04. The van der Waals surface area contributed by atoms with Gasteiger partial charge in [0.2, 0.25) is 0 Å². The summed E-state index contributed by atoms with van der Waals surface area (Å²) in [6.07, 6.45) is 10.8. The van der Waals surface area contributed by atoms with Gasteiger partial charge in [-0.25, -0.2) is 4.99 Å². The van der Waals surface area contributed by atoms with Gasteiger partial charge in [0.15, 0.2) is 5.96 Å². The number of rotatable bonds is 7. The Morgan fingerprint density at radius 1 is 1.14 bits per heavy atom. The van der Waals surface area contributed by atoms with Crippen molar-refractivity contribution in [1.29, 1.82) is 0 Å². The molecule has 2 aliphatic rings. The Bertz CT molecular complexity index is 778. The molecule has 2 fully saturated rings. The molecular formula is C23H34N6. The Morgan fingerprint density at radius 3 is 2.76 bits per heavy atom. The van der Waals surface area contributed by atoms with Crippen molar-refractivity contribution < 1.29 is 0 Å². The minimum absolute atomic E-state index is 0.495. The van der Waals surface area contributed by atoms with Crippen LogP contribution in [0.4, 0.5) is 0 Å². The van der Waals surface area contributed by atoms with Gasteiger partial charge in [0.25, 0.3) is 0 Å². The second-order valence-electron chi connectivity index (χ2n) is 8.29. The maximum Gasteiger partial charge on any atom is 0.191 e. The first-order valence-electron chi connectivity index (χ1n) is 11.1. The SMILES string of the molecule is CCNC(=NCc1cnn(Cc2ccccc2)c1)NC1CCN(C2CCCC2)C1. The van der Waals surface area contributed by atoms with E-state index in [9.17, 15) is 0 Å². The van der Waals surface area contributed by atoms with Crippen LogP contribution in [0.2, 0.25) is 0 Å². The zero-order chi connectivity index (χ0) is 19.9. The Hall–Kier alpha value is -2.34. The third kappa shape index (κ3) is 5.60. The molecule has 1 aromatic carbocycles. The van der Waals surface area contributed by atoms with Crippen LogP contribution in [-0.2, 0) is 13.1 Å². The summed E-state index contributed by atoms with van der Waals surface area (Å²) in [5.74, 6) is 0.918. The van der Waals surface area contributed by atoms with Gasteiger partial charge in [-0.3, -0.25) is 9.58 Å². The van der Waals surface area contributed by atoms with E-state index in [0.29, 0.717) is 12.6 Å². The van der Waals surface area contributed by atoms with E-state index in [4.69, 9.17) is 4.99 Å².